The summed E-state index contributed by atoms with van der Waals surface area (Å²) in [7, 11) is 0. The first-order valence-corrected chi connectivity index (χ1v) is 8.25. The van der Waals surface area contributed by atoms with Crippen molar-refractivity contribution < 1.29 is 5.11 Å². The second-order valence-electron chi connectivity index (χ2n) is 5.62. The first-order valence-electron chi connectivity index (χ1n) is 7.10. The summed E-state index contributed by atoms with van der Waals surface area (Å²) >= 11 is 1.93. The van der Waals surface area contributed by atoms with Gasteiger partial charge in [-0.15, -0.1) is 0 Å². The molecule has 5 heteroatoms. The van der Waals surface area contributed by atoms with Crippen molar-refractivity contribution in [3.63, 3.8) is 0 Å². The van der Waals surface area contributed by atoms with E-state index in [1.807, 2.05) is 24.0 Å². The van der Waals surface area contributed by atoms with Crippen LogP contribution in [-0.2, 0) is 6.54 Å². The summed E-state index contributed by atoms with van der Waals surface area (Å²) in [5.74, 6) is 2.12. The number of imidazole rings is 1. The molecule has 0 spiro atoms. The Hall–Kier alpha value is -1.04. The molecule has 3 rings (SSSR count). The first kappa shape index (κ1) is 13.9. The molecule has 2 aromatic rings. The topological polar surface area (TPSA) is 49.6 Å². The van der Waals surface area contributed by atoms with Crippen molar-refractivity contribution in [2.24, 2.45) is 0 Å². The van der Waals surface area contributed by atoms with Crippen LogP contribution in [-0.4, -0.2) is 38.1 Å². The lowest BCUT2D eigenvalue weighted by molar-refractivity contribution is 0.0319. The third-order valence-electron chi connectivity index (χ3n) is 3.91. The lowest BCUT2D eigenvalue weighted by Gasteiger charge is -2.31. The van der Waals surface area contributed by atoms with Crippen molar-refractivity contribution in [1.29, 1.82) is 0 Å². The van der Waals surface area contributed by atoms with Crippen molar-refractivity contribution >= 4 is 17.4 Å². The second-order valence-corrected chi connectivity index (χ2v) is 6.85. The molecule has 0 aromatic carbocycles. The number of aliphatic hydroxyl groups is 1. The van der Waals surface area contributed by atoms with Gasteiger partial charge in [0.1, 0.15) is 5.65 Å². The maximum Gasteiger partial charge on any atom is 0.136 e. The maximum absolute atomic E-state index is 10.5. The molecular weight excluding hydrogens is 270 g/mol. The minimum atomic E-state index is -0.526. The quantitative estimate of drug-likeness (QED) is 0.904. The van der Waals surface area contributed by atoms with Gasteiger partial charge in [-0.3, -0.25) is 0 Å². The number of rotatable bonds is 4. The van der Waals surface area contributed by atoms with Crippen molar-refractivity contribution in [1.82, 2.24) is 14.7 Å². The molecule has 0 radical (unpaired) electrons. The number of aromatic nitrogens is 2. The fourth-order valence-electron chi connectivity index (χ4n) is 2.62. The van der Waals surface area contributed by atoms with Gasteiger partial charge in [-0.1, -0.05) is 6.07 Å². The van der Waals surface area contributed by atoms with Gasteiger partial charge in [0.05, 0.1) is 17.5 Å². The number of aryl methyl sites for hydroxylation is 1. The summed E-state index contributed by atoms with van der Waals surface area (Å²) < 4.78 is 2.11. The molecule has 0 aliphatic carbocycles. The number of thioether (sulfide) groups is 1. The van der Waals surface area contributed by atoms with Crippen molar-refractivity contribution in [3.05, 3.63) is 35.8 Å². The number of pyridine rings is 1. The fourth-order valence-corrected chi connectivity index (χ4v) is 3.87. The van der Waals surface area contributed by atoms with E-state index in [1.165, 1.54) is 5.56 Å². The Morgan fingerprint density at radius 3 is 3.00 bits per heavy atom. The minimum Gasteiger partial charge on any atom is -0.389 e. The summed E-state index contributed by atoms with van der Waals surface area (Å²) in [6.07, 6.45) is 5.78. The van der Waals surface area contributed by atoms with E-state index in [0.717, 1.165) is 42.2 Å². The van der Waals surface area contributed by atoms with Gasteiger partial charge >= 0.3 is 0 Å². The van der Waals surface area contributed by atoms with Gasteiger partial charge < -0.3 is 14.8 Å². The summed E-state index contributed by atoms with van der Waals surface area (Å²) in [5.41, 5.74) is 2.80. The molecule has 0 amide bonds. The summed E-state index contributed by atoms with van der Waals surface area (Å²) in [6.45, 7) is 3.48. The van der Waals surface area contributed by atoms with Crippen LogP contribution < -0.4 is 5.32 Å². The molecule has 3 heterocycles. The van der Waals surface area contributed by atoms with Gasteiger partial charge in [0.2, 0.25) is 0 Å². The number of fused-ring (bicyclic) bond motifs is 1. The van der Waals surface area contributed by atoms with Gasteiger partial charge in [-0.25, -0.2) is 4.98 Å². The smallest absolute Gasteiger partial charge is 0.136 e. The highest BCUT2D eigenvalue weighted by molar-refractivity contribution is 7.99. The zero-order valence-electron chi connectivity index (χ0n) is 11.8. The van der Waals surface area contributed by atoms with Crippen LogP contribution in [0.5, 0.6) is 0 Å². The van der Waals surface area contributed by atoms with Gasteiger partial charge in [-0.05, 0) is 42.9 Å². The molecule has 20 heavy (non-hydrogen) atoms. The second kappa shape index (κ2) is 5.76. The number of hydrogen-bond donors (Lipinski definition) is 2. The lowest BCUT2D eigenvalue weighted by atomic mass is 9.97. The van der Waals surface area contributed by atoms with E-state index in [-0.39, 0.29) is 0 Å². The van der Waals surface area contributed by atoms with E-state index in [0.29, 0.717) is 6.54 Å². The van der Waals surface area contributed by atoms with Gasteiger partial charge in [-0.2, -0.15) is 11.8 Å². The van der Waals surface area contributed by atoms with Crippen LogP contribution in [0.15, 0.2) is 24.5 Å². The molecule has 2 aromatic heterocycles. The molecule has 1 aliphatic heterocycles. The number of nitrogens with one attached hydrogen (secondary N) is 1. The lowest BCUT2D eigenvalue weighted by Crippen LogP contribution is -2.43. The SMILES string of the molecule is Cc1ccc2ncc(CNCC3(O)CCSCC3)n2c1. The predicted octanol–water partition coefficient (Wildman–Crippen LogP) is 1.99. The zero-order chi connectivity index (χ0) is 14.0. The van der Waals surface area contributed by atoms with E-state index in [9.17, 15) is 5.11 Å². The van der Waals surface area contributed by atoms with Crippen LogP contribution in [0, 0.1) is 6.92 Å². The van der Waals surface area contributed by atoms with Crippen LogP contribution in [0.25, 0.3) is 5.65 Å². The Balaban J connectivity index is 1.63. The predicted molar refractivity (Wildman–Crippen MR) is 83.1 cm³/mol. The molecule has 1 fully saturated rings. The molecule has 2 N–H and O–H groups in total. The molecule has 0 unspecified atom stereocenters. The van der Waals surface area contributed by atoms with Gasteiger partial charge in [0.25, 0.3) is 0 Å². The summed E-state index contributed by atoms with van der Waals surface area (Å²) in [6, 6.07) is 4.10. The third kappa shape index (κ3) is 3.00. The van der Waals surface area contributed by atoms with Gasteiger partial charge in [0.15, 0.2) is 0 Å². The van der Waals surface area contributed by atoms with E-state index < -0.39 is 5.60 Å². The first-order chi connectivity index (χ1) is 9.66. The highest BCUT2D eigenvalue weighted by Gasteiger charge is 2.28. The monoisotopic (exact) mass is 291 g/mol. The van der Waals surface area contributed by atoms with Crippen LogP contribution in [0.4, 0.5) is 0 Å². The van der Waals surface area contributed by atoms with Crippen LogP contribution >= 0.6 is 11.8 Å². The molecule has 1 saturated heterocycles. The molecule has 0 bridgehead atoms. The highest BCUT2D eigenvalue weighted by Crippen LogP contribution is 2.26. The largest absolute Gasteiger partial charge is 0.389 e. The average molecular weight is 291 g/mol. The van der Waals surface area contributed by atoms with E-state index >= 15 is 0 Å². The Bertz CT molecular complexity index is 590. The minimum absolute atomic E-state index is 0.526. The van der Waals surface area contributed by atoms with Crippen molar-refractivity contribution in [2.45, 2.75) is 31.9 Å². The molecule has 4 nitrogen and oxygen atoms in total. The fraction of sp³-hybridized carbons (Fsp3) is 0.533. The Labute approximate surface area is 123 Å². The van der Waals surface area contributed by atoms with Crippen LogP contribution in [0.2, 0.25) is 0 Å². The molecule has 0 saturated carbocycles. The van der Waals surface area contributed by atoms with E-state index in [1.54, 1.807) is 0 Å². The Morgan fingerprint density at radius 1 is 1.40 bits per heavy atom. The van der Waals surface area contributed by atoms with E-state index in [4.69, 9.17) is 0 Å². The maximum atomic E-state index is 10.5. The van der Waals surface area contributed by atoms with Crippen molar-refractivity contribution in [3.8, 4) is 0 Å². The summed E-state index contributed by atoms with van der Waals surface area (Å²) in [5, 5.41) is 13.8. The molecule has 1 aliphatic rings. The van der Waals surface area contributed by atoms with Gasteiger partial charge in [0, 0.05) is 19.3 Å². The zero-order valence-corrected chi connectivity index (χ0v) is 12.6. The number of nitrogens with zero attached hydrogens (tertiary/aromatic N) is 2. The van der Waals surface area contributed by atoms with Crippen LogP contribution in [0.1, 0.15) is 24.1 Å². The van der Waals surface area contributed by atoms with Crippen molar-refractivity contribution in [2.75, 3.05) is 18.1 Å². The summed E-state index contributed by atoms with van der Waals surface area (Å²) in [4.78, 5) is 4.40. The van der Waals surface area contributed by atoms with E-state index in [2.05, 4.69) is 33.9 Å². The normalized spacial score (nSPS) is 18.5. The molecule has 108 valence electrons. The standard InChI is InChI=1S/C15H21N3OS/c1-12-2-3-14-17-9-13(18(14)10-12)8-16-11-15(19)4-6-20-7-5-15/h2-3,9-10,16,19H,4-8,11H2,1H3. The molecular formula is C15H21N3OS. The number of hydrogen-bond acceptors (Lipinski definition) is 4. The molecule has 0 atom stereocenters. The average Bonchev–Trinajstić information content (AvgIpc) is 2.82. The third-order valence-corrected chi connectivity index (χ3v) is 4.90. The Morgan fingerprint density at radius 2 is 2.20 bits per heavy atom. The van der Waals surface area contributed by atoms with Crippen LogP contribution in [0.3, 0.4) is 0 Å². The highest BCUT2D eigenvalue weighted by atomic mass is 32.2. The Kier molecular flexibility index (Phi) is 4.01.